The van der Waals surface area contributed by atoms with E-state index in [1.54, 1.807) is 0 Å². The Bertz CT molecular complexity index is 759. The third-order valence-electron chi connectivity index (χ3n) is 5.47. The van der Waals surface area contributed by atoms with E-state index in [4.69, 9.17) is 4.74 Å². The van der Waals surface area contributed by atoms with E-state index in [0.29, 0.717) is 5.92 Å². The van der Waals surface area contributed by atoms with Gasteiger partial charge in [-0.2, -0.15) is 0 Å². The first-order valence-electron chi connectivity index (χ1n) is 8.36. The lowest BCUT2D eigenvalue weighted by atomic mass is 9.70. The van der Waals surface area contributed by atoms with Crippen LogP contribution in [0.1, 0.15) is 53.5 Å². The molecule has 1 heteroatoms. The van der Waals surface area contributed by atoms with E-state index in [-0.39, 0.29) is 5.92 Å². The number of rotatable bonds is 2. The van der Waals surface area contributed by atoms with Gasteiger partial charge >= 0.3 is 0 Å². The first-order valence-corrected chi connectivity index (χ1v) is 8.36. The largest absolute Gasteiger partial charge is 0.482 e. The third kappa shape index (κ3) is 2.49. The lowest BCUT2D eigenvalue weighted by Crippen LogP contribution is -2.43. The van der Waals surface area contributed by atoms with Crippen molar-refractivity contribution in [2.45, 2.75) is 52.1 Å². The zero-order valence-corrected chi connectivity index (χ0v) is 14.8. The van der Waals surface area contributed by atoms with Crippen LogP contribution >= 0.6 is 0 Å². The van der Waals surface area contributed by atoms with Crippen LogP contribution in [0.5, 0.6) is 5.75 Å². The van der Waals surface area contributed by atoms with Gasteiger partial charge in [-0.1, -0.05) is 49.9 Å². The van der Waals surface area contributed by atoms with Crippen LogP contribution in [-0.4, -0.2) is 5.60 Å². The summed E-state index contributed by atoms with van der Waals surface area (Å²) in [4.78, 5) is 0. The summed E-state index contributed by atoms with van der Waals surface area (Å²) in [6.45, 7) is 15.0. The molecule has 3 rings (SSSR count). The van der Waals surface area contributed by atoms with Gasteiger partial charge in [0.2, 0.25) is 0 Å². The maximum atomic E-state index is 6.49. The minimum Gasteiger partial charge on any atom is -0.482 e. The Morgan fingerprint density at radius 3 is 2.43 bits per heavy atom. The maximum Gasteiger partial charge on any atom is 0.131 e. The van der Waals surface area contributed by atoms with Gasteiger partial charge < -0.3 is 4.74 Å². The van der Waals surface area contributed by atoms with Gasteiger partial charge in [0, 0.05) is 5.92 Å². The summed E-state index contributed by atoms with van der Waals surface area (Å²) in [5.41, 5.74) is 6.08. The first kappa shape index (κ1) is 15.9. The topological polar surface area (TPSA) is 9.23 Å². The van der Waals surface area contributed by atoms with Crippen molar-refractivity contribution in [1.29, 1.82) is 0 Å². The first-order chi connectivity index (χ1) is 10.9. The van der Waals surface area contributed by atoms with Gasteiger partial charge in [-0.15, -0.1) is 0 Å². The lowest BCUT2D eigenvalue weighted by Gasteiger charge is -2.45. The molecule has 0 amide bonds. The average Bonchev–Trinajstić information content (AvgIpc) is 2.52. The molecule has 1 nitrogen and oxygen atoms in total. The molecule has 0 aromatic heterocycles. The SMILES string of the molecule is C=CC1(C)Oc2c(C)cccc2C(C)C1c1ccc(C)c(C)c1. The number of para-hydroxylation sites is 1. The monoisotopic (exact) mass is 306 g/mol. The molecular formula is C22H26O. The Balaban J connectivity index is 2.18. The Hall–Kier alpha value is -2.02. The third-order valence-corrected chi connectivity index (χ3v) is 5.47. The van der Waals surface area contributed by atoms with Crippen LogP contribution in [0.4, 0.5) is 0 Å². The van der Waals surface area contributed by atoms with Gasteiger partial charge in [-0.05, 0) is 67.5 Å². The molecular weight excluding hydrogens is 280 g/mol. The molecule has 0 saturated carbocycles. The van der Waals surface area contributed by atoms with Crippen molar-refractivity contribution in [3.8, 4) is 5.75 Å². The predicted molar refractivity (Wildman–Crippen MR) is 97.5 cm³/mol. The molecule has 0 fully saturated rings. The standard InChI is InChI=1S/C22H26O/c1-7-22(6)20(18-12-11-14(2)16(4)13-18)17(5)19-10-8-9-15(3)21(19)23-22/h7-13,17,20H,1H2,2-6H3. The lowest BCUT2D eigenvalue weighted by molar-refractivity contribution is 0.0771. The summed E-state index contributed by atoms with van der Waals surface area (Å²) in [7, 11) is 0. The Kier molecular flexibility index (Phi) is 3.83. The number of hydrogen-bond donors (Lipinski definition) is 0. The number of hydrogen-bond acceptors (Lipinski definition) is 1. The van der Waals surface area contributed by atoms with E-state index in [9.17, 15) is 0 Å². The van der Waals surface area contributed by atoms with Crippen LogP contribution < -0.4 is 4.74 Å². The summed E-state index contributed by atoms with van der Waals surface area (Å²) >= 11 is 0. The Morgan fingerprint density at radius 2 is 1.78 bits per heavy atom. The molecule has 0 aliphatic carbocycles. The number of fused-ring (bicyclic) bond motifs is 1. The summed E-state index contributed by atoms with van der Waals surface area (Å²) < 4.78 is 6.49. The molecule has 3 unspecified atom stereocenters. The minimum absolute atomic E-state index is 0.258. The maximum absolute atomic E-state index is 6.49. The molecule has 0 radical (unpaired) electrons. The van der Waals surface area contributed by atoms with Crippen molar-refractivity contribution < 1.29 is 4.74 Å². The molecule has 1 aliphatic rings. The van der Waals surface area contributed by atoms with Crippen LogP contribution in [0.15, 0.2) is 49.1 Å². The van der Waals surface area contributed by atoms with Gasteiger partial charge in [-0.3, -0.25) is 0 Å². The normalized spacial score (nSPS) is 26.3. The summed E-state index contributed by atoms with van der Waals surface area (Å²) in [6, 6.07) is 13.2. The molecule has 23 heavy (non-hydrogen) atoms. The van der Waals surface area contributed by atoms with Crippen molar-refractivity contribution in [2.24, 2.45) is 0 Å². The van der Waals surface area contributed by atoms with Crippen LogP contribution in [0, 0.1) is 20.8 Å². The number of aryl methyl sites for hydroxylation is 3. The van der Waals surface area contributed by atoms with Crippen molar-refractivity contribution in [3.63, 3.8) is 0 Å². The second kappa shape index (κ2) is 5.56. The van der Waals surface area contributed by atoms with Gasteiger partial charge in [-0.25, -0.2) is 0 Å². The highest BCUT2D eigenvalue weighted by Crippen LogP contribution is 2.51. The molecule has 2 aromatic rings. The van der Waals surface area contributed by atoms with Crippen LogP contribution in [0.2, 0.25) is 0 Å². The number of ether oxygens (including phenoxy) is 1. The van der Waals surface area contributed by atoms with Crippen LogP contribution in [0.25, 0.3) is 0 Å². The zero-order valence-electron chi connectivity index (χ0n) is 14.8. The second-order valence-electron chi connectivity index (χ2n) is 7.09. The van der Waals surface area contributed by atoms with Crippen LogP contribution in [0.3, 0.4) is 0 Å². The minimum atomic E-state index is -0.403. The summed E-state index contributed by atoms with van der Waals surface area (Å²) in [5.74, 6) is 1.67. The van der Waals surface area contributed by atoms with Gasteiger partial charge in [0.15, 0.2) is 0 Å². The van der Waals surface area contributed by atoms with E-state index in [1.807, 2.05) is 6.08 Å². The molecule has 3 atom stereocenters. The summed E-state index contributed by atoms with van der Waals surface area (Å²) in [6.07, 6.45) is 1.97. The highest BCUT2D eigenvalue weighted by molar-refractivity contribution is 5.49. The van der Waals surface area contributed by atoms with Gasteiger partial charge in [0.05, 0.1) is 0 Å². The molecule has 0 saturated heterocycles. The molecule has 0 spiro atoms. The van der Waals surface area contributed by atoms with E-state index in [2.05, 4.69) is 77.6 Å². The predicted octanol–water partition coefficient (Wildman–Crippen LogP) is 5.84. The highest BCUT2D eigenvalue weighted by atomic mass is 16.5. The van der Waals surface area contributed by atoms with Crippen molar-refractivity contribution in [2.75, 3.05) is 0 Å². The smallest absolute Gasteiger partial charge is 0.131 e. The molecule has 1 heterocycles. The Labute approximate surface area is 140 Å². The fourth-order valence-corrected chi connectivity index (χ4v) is 3.88. The molecule has 1 aliphatic heterocycles. The summed E-state index contributed by atoms with van der Waals surface area (Å²) in [5, 5.41) is 0. The quantitative estimate of drug-likeness (QED) is 0.634. The van der Waals surface area contributed by atoms with Crippen molar-refractivity contribution >= 4 is 0 Å². The highest BCUT2D eigenvalue weighted by Gasteiger charge is 2.44. The fraction of sp³-hybridized carbons (Fsp3) is 0.364. The van der Waals surface area contributed by atoms with Crippen LogP contribution in [-0.2, 0) is 0 Å². The van der Waals surface area contributed by atoms with Gasteiger partial charge in [0.1, 0.15) is 11.4 Å². The molecule has 0 N–H and O–H groups in total. The van der Waals surface area contributed by atoms with E-state index in [1.165, 1.54) is 27.8 Å². The number of benzene rings is 2. The zero-order chi connectivity index (χ0) is 16.8. The van der Waals surface area contributed by atoms with E-state index >= 15 is 0 Å². The fourth-order valence-electron chi connectivity index (χ4n) is 3.88. The van der Waals surface area contributed by atoms with Crippen molar-refractivity contribution in [3.05, 3.63) is 76.9 Å². The van der Waals surface area contributed by atoms with Crippen molar-refractivity contribution in [1.82, 2.24) is 0 Å². The average molecular weight is 306 g/mol. The molecule has 120 valence electrons. The second-order valence-corrected chi connectivity index (χ2v) is 7.09. The molecule has 0 bridgehead atoms. The van der Waals surface area contributed by atoms with Gasteiger partial charge in [0.25, 0.3) is 0 Å². The van der Waals surface area contributed by atoms with E-state index < -0.39 is 5.60 Å². The molecule has 2 aromatic carbocycles. The van der Waals surface area contributed by atoms with E-state index in [0.717, 1.165) is 5.75 Å². The Morgan fingerprint density at radius 1 is 1.04 bits per heavy atom.